The van der Waals surface area contributed by atoms with Gasteiger partial charge >= 0.3 is 5.63 Å². The summed E-state index contributed by atoms with van der Waals surface area (Å²) in [6.07, 6.45) is 0. The first kappa shape index (κ1) is 12.0. The highest BCUT2D eigenvalue weighted by Crippen LogP contribution is 2.30. The van der Waals surface area contributed by atoms with E-state index in [9.17, 15) is 4.79 Å². The van der Waals surface area contributed by atoms with Crippen LogP contribution in [0.15, 0.2) is 63.8 Å². The molecule has 0 radical (unpaired) electrons. The van der Waals surface area contributed by atoms with Crippen molar-refractivity contribution < 1.29 is 4.42 Å². The first-order valence-corrected chi connectivity index (χ1v) is 6.91. The van der Waals surface area contributed by atoms with E-state index in [1.165, 1.54) is 0 Å². The summed E-state index contributed by atoms with van der Waals surface area (Å²) in [5, 5.41) is 4.32. The van der Waals surface area contributed by atoms with Gasteiger partial charge in [-0.1, -0.05) is 30.3 Å². The topological polar surface area (TPSA) is 45.5 Å². The van der Waals surface area contributed by atoms with Crippen molar-refractivity contribution >= 4 is 22.3 Å². The van der Waals surface area contributed by atoms with E-state index in [1.54, 1.807) is 0 Å². The molecule has 4 heteroatoms. The van der Waals surface area contributed by atoms with Gasteiger partial charge in [-0.2, -0.15) is 0 Å². The van der Waals surface area contributed by atoms with Crippen LogP contribution < -0.4 is 15.8 Å². The molecule has 4 rings (SSSR count). The van der Waals surface area contributed by atoms with Crippen LogP contribution in [0, 0.1) is 0 Å². The quantitative estimate of drug-likeness (QED) is 0.694. The summed E-state index contributed by atoms with van der Waals surface area (Å²) in [5.41, 5.74) is 3.03. The van der Waals surface area contributed by atoms with Crippen LogP contribution in [0.5, 0.6) is 0 Å². The molecular weight excluding hydrogens is 264 g/mol. The number of hydrogen-bond donors (Lipinski definition) is 1. The molecule has 0 bridgehead atoms. The predicted molar refractivity (Wildman–Crippen MR) is 83.6 cm³/mol. The van der Waals surface area contributed by atoms with E-state index in [0.717, 1.165) is 16.8 Å². The van der Waals surface area contributed by atoms with Gasteiger partial charge in [0, 0.05) is 11.1 Å². The highest BCUT2D eigenvalue weighted by Gasteiger charge is 2.22. The number of anilines is 2. The third kappa shape index (κ3) is 1.96. The Hall–Kier alpha value is -2.75. The van der Waals surface area contributed by atoms with Crippen molar-refractivity contribution in [2.24, 2.45) is 0 Å². The summed E-state index contributed by atoms with van der Waals surface area (Å²) < 4.78 is 5.42. The van der Waals surface area contributed by atoms with Gasteiger partial charge < -0.3 is 14.6 Å². The van der Waals surface area contributed by atoms with E-state index in [-0.39, 0.29) is 5.63 Å². The Morgan fingerprint density at radius 1 is 1.00 bits per heavy atom. The lowest BCUT2D eigenvalue weighted by Crippen LogP contribution is -2.36. The van der Waals surface area contributed by atoms with Crippen molar-refractivity contribution in [3.63, 3.8) is 0 Å². The van der Waals surface area contributed by atoms with E-state index >= 15 is 0 Å². The largest absolute Gasteiger partial charge is 0.422 e. The minimum atomic E-state index is -0.267. The fraction of sp³-hybridized carbons (Fsp3) is 0.118. The predicted octanol–water partition coefficient (Wildman–Crippen LogP) is 3.18. The van der Waals surface area contributed by atoms with Gasteiger partial charge in [-0.3, -0.25) is 0 Å². The molecule has 21 heavy (non-hydrogen) atoms. The SMILES string of the molecule is O=c1oc2ccccc2c2c1CN(c1ccccc1)CN2. The number of hydrogen-bond acceptors (Lipinski definition) is 4. The maximum Gasteiger partial charge on any atom is 0.343 e. The second-order valence-electron chi connectivity index (χ2n) is 5.11. The maximum atomic E-state index is 12.2. The van der Waals surface area contributed by atoms with Crippen LogP contribution in [0.1, 0.15) is 5.56 Å². The molecule has 1 aromatic heterocycles. The number of benzene rings is 2. The Balaban J connectivity index is 1.83. The fourth-order valence-corrected chi connectivity index (χ4v) is 2.78. The van der Waals surface area contributed by atoms with Gasteiger partial charge in [0.15, 0.2) is 0 Å². The molecule has 1 aliphatic rings. The summed E-state index contributed by atoms with van der Waals surface area (Å²) >= 11 is 0. The molecule has 104 valence electrons. The van der Waals surface area contributed by atoms with E-state index in [1.807, 2.05) is 54.6 Å². The Morgan fingerprint density at radius 3 is 2.62 bits per heavy atom. The van der Waals surface area contributed by atoms with Crippen molar-refractivity contribution in [2.75, 3.05) is 16.9 Å². The third-order valence-electron chi connectivity index (χ3n) is 3.82. The van der Waals surface area contributed by atoms with Crippen molar-refractivity contribution in [2.45, 2.75) is 6.54 Å². The van der Waals surface area contributed by atoms with Crippen LogP contribution in [-0.4, -0.2) is 6.67 Å². The van der Waals surface area contributed by atoms with Crippen LogP contribution in [0.25, 0.3) is 11.0 Å². The molecule has 1 aliphatic heterocycles. The number of nitrogens with one attached hydrogen (secondary N) is 1. The standard InChI is InChI=1S/C17H14N2O2/c20-17-14-10-19(12-6-2-1-3-7-12)11-18-16(14)13-8-4-5-9-15(13)21-17/h1-9,18H,10-11H2. The molecule has 0 saturated carbocycles. The van der Waals surface area contributed by atoms with Crippen LogP contribution in [0.2, 0.25) is 0 Å². The molecule has 0 atom stereocenters. The maximum absolute atomic E-state index is 12.2. The van der Waals surface area contributed by atoms with Gasteiger partial charge in [0.25, 0.3) is 0 Å². The lowest BCUT2D eigenvalue weighted by molar-refractivity contribution is 0.546. The zero-order valence-corrected chi connectivity index (χ0v) is 11.4. The monoisotopic (exact) mass is 278 g/mol. The van der Waals surface area contributed by atoms with Gasteiger partial charge in [-0.15, -0.1) is 0 Å². The first-order valence-electron chi connectivity index (χ1n) is 6.91. The second-order valence-corrected chi connectivity index (χ2v) is 5.11. The molecular formula is C17H14N2O2. The molecule has 0 spiro atoms. The van der Waals surface area contributed by atoms with Crippen LogP contribution >= 0.6 is 0 Å². The number of nitrogens with zero attached hydrogens (tertiary/aromatic N) is 1. The zero-order valence-electron chi connectivity index (χ0n) is 11.4. The molecule has 0 aliphatic carbocycles. The summed E-state index contributed by atoms with van der Waals surface area (Å²) in [5.74, 6) is 0. The highest BCUT2D eigenvalue weighted by atomic mass is 16.4. The van der Waals surface area contributed by atoms with Gasteiger partial charge in [-0.25, -0.2) is 4.79 Å². The van der Waals surface area contributed by atoms with Gasteiger partial charge in [0.2, 0.25) is 0 Å². The molecule has 1 N–H and O–H groups in total. The summed E-state index contributed by atoms with van der Waals surface area (Å²) in [6.45, 7) is 1.23. The lowest BCUT2D eigenvalue weighted by atomic mass is 10.1. The molecule has 4 nitrogen and oxygen atoms in total. The highest BCUT2D eigenvalue weighted by molar-refractivity contribution is 5.92. The molecule has 0 fully saturated rings. The Bertz CT molecular complexity index is 856. The van der Waals surface area contributed by atoms with Crippen molar-refractivity contribution in [1.29, 1.82) is 0 Å². The van der Waals surface area contributed by atoms with E-state index in [2.05, 4.69) is 10.2 Å². The molecule has 2 heterocycles. The molecule has 0 unspecified atom stereocenters. The Morgan fingerprint density at radius 2 is 1.76 bits per heavy atom. The average Bonchev–Trinajstić information content (AvgIpc) is 2.55. The van der Waals surface area contributed by atoms with Crippen LogP contribution in [0.4, 0.5) is 11.4 Å². The average molecular weight is 278 g/mol. The second kappa shape index (κ2) is 4.66. The van der Waals surface area contributed by atoms with Gasteiger partial charge in [-0.05, 0) is 24.3 Å². The van der Waals surface area contributed by atoms with Crippen LogP contribution in [-0.2, 0) is 6.54 Å². The Kier molecular flexibility index (Phi) is 2.67. The minimum absolute atomic E-state index is 0.267. The first-order chi connectivity index (χ1) is 10.3. The summed E-state index contributed by atoms with van der Waals surface area (Å²) in [6, 6.07) is 17.7. The lowest BCUT2D eigenvalue weighted by Gasteiger charge is -2.31. The molecule has 0 saturated heterocycles. The summed E-state index contributed by atoms with van der Waals surface area (Å²) in [4.78, 5) is 14.3. The minimum Gasteiger partial charge on any atom is -0.422 e. The fourth-order valence-electron chi connectivity index (χ4n) is 2.78. The van der Waals surface area contributed by atoms with E-state index in [0.29, 0.717) is 24.4 Å². The normalized spacial score (nSPS) is 13.8. The van der Waals surface area contributed by atoms with Gasteiger partial charge in [0.1, 0.15) is 5.58 Å². The smallest absolute Gasteiger partial charge is 0.343 e. The van der Waals surface area contributed by atoms with Crippen molar-refractivity contribution in [3.05, 3.63) is 70.6 Å². The number of rotatable bonds is 1. The Labute approximate surface area is 121 Å². The molecule has 3 aromatic rings. The molecule has 2 aromatic carbocycles. The number of fused-ring (bicyclic) bond motifs is 3. The molecule has 0 amide bonds. The zero-order chi connectivity index (χ0) is 14.2. The number of para-hydroxylation sites is 2. The van der Waals surface area contributed by atoms with Crippen molar-refractivity contribution in [3.8, 4) is 0 Å². The summed E-state index contributed by atoms with van der Waals surface area (Å²) in [7, 11) is 0. The van der Waals surface area contributed by atoms with Crippen LogP contribution in [0.3, 0.4) is 0 Å². The van der Waals surface area contributed by atoms with Crippen molar-refractivity contribution in [1.82, 2.24) is 0 Å². The van der Waals surface area contributed by atoms with Gasteiger partial charge in [0.05, 0.1) is 24.5 Å². The van der Waals surface area contributed by atoms with E-state index < -0.39 is 0 Å². The third-order valence-corrected chi connectivity index (χ3v) is 3.82. The van der Waals surface area contributed by atoms with E-state index in [4.69, 9.17) is 4.42 Å².